The number of hydrogen-bond donors (Lipinski definition) is 1. The average Bonchev–Trinajstić information content (AvgIpc) is 2.96. The number of hydrogen-bond acceptors (Lipinski definition) is 3. The molecule has 2 heterocycles. The second-order valence-electron chi connectivity index (χ2n) is 6.44. The summed E-state index contributed by atoms with van der Waals surface area (Å²) in [6, 6.07) is 3.09. The molecule has 25 heavy (non-hydrogen) atoms. The number of amides is 1. The Morgan fingerprint density at radius 2 is 1.92 bits per heavy atom. The summed E-state index contributed by atoms with van der Waals surface area (Å²) >= 11 is 0. The molecule has 0 unspecified atom stereocenters. The third kappa shape index (κ3) is 2.86. The molecule has 138 valence electrons. The summed E-state index contributed by atoms with van der Waals surface area (Å²) in [5.74, 6) is -8.27. The summed E-state index contributed by atoms with van der Waals surface area (Å²) in [6.07, 6.45) is -7.83. The normalized spacial score (nSPS) is 30.4. The van der Waals surface area contributed by atoms with Crippen molar-refractivity contribution in [3.63, 3.8) is 0 Å². The van der Waals surface area contributed by atoms with Crippen LogP contribution >= 0.6 is 0 Å². The van der Waals surface area contributed by atoms with Gasteiger partial charge in [0.05, 0.1) is 12.1 Å². The van der Waals surface area contributed by atoms with Gasteiger partial charge in [-0.2, -0.15) is 0 Å². The monoisotopic (exact) mass is 368 g/mol. The molecule has 3 rings (SSSR count). The van der Waals surface area contributed by atoms with Crippen LogP contribution in [0.4, 0.5) is 26.3 Å². The number of nitrogens with zero attached hydrogens (tertiary/aromatic N) is 2. The van der Waals surface area contributed by atoms with Gasteiger partial charge in [-0.1, -0.05) is 6.07 Å². The maximum absolute atomic E-state index is 14.0. The number of aliphatic hydroxyl groups is 1. The molecule has 0 radical (unpaired) electrons. The lowest BCUT2D eigenvalue weighted by molar-refractivity contribution is -0.102. The molecule has 2 fully saturated rings. The Morgan fingerprint density at radius 1 is 1.24 bits per heavy atom. The Hall–Kier alpha value is -1.84. The molecule has 1 aliphatic carbocycles. The van der Waals surface area contributed by atoms with Gasteiger partial charge in [-0.15, -0.1) is 0 Å². The highest BCUT2D eigenvalue weighted by molar-refractivity contribution is 5.93. The number of likely N-dealkylation sites (tertiary alicyclic amines) is 1. The molecule has 1 N–H and O–H groups in total. The highest BCUT2D eigenvalue weighted by Gasteiger charge is 2.69. The van der Waals surface area contributed by atoms with Gasteiger partial charge < -0.3 is 10.0 Å². The van der Waals surface area contributed by atoms with E-state index in [1.54, 1.807) is 0 Å². The minimum atomic E-state index is -3.78. The highest BCUT2D eigenvalue weighted by Crippen LogP contribution is 2.54. The van der Waals surface area contributed by atoms with Gasteiger partial charge in [0.2, 0.25) is 0 Å². The zero-order valence-corrected chi connectivity index (χ0v) is 12.7. The maximum Gasteiger partial charge on any atom is 0.292 e. The van der Waals surface area contributed by atoms with Crippen molar-refractivity contribution in [2.75, 3.05) is 6.54 Å². The molecule has 1 aromatic rings. The van der Waals surface area contributed by atoms with Gasteiger partial charge in [-0.05, 0) is 18.6 Å². The first-order valence-corrected chi connectivity index (χ1v) is 7.49. The standard InChI is InChI=1S/C15H14F6N2O2/c16-10(17)8-2-1-3-9(22-8)11(24)23-7-15(20,21)12(25)13(23)4-5-14(18,19)6-13/h1-3,10,12,25H,4-7H2/t12-,13+/m1/s1. The van der Waals surface area contributed by atoms with Gasteiger partial charge in [-0.25, -0.2) is 31.3 Å². The van der Waals surface area contributed by atoms with E-state index in [2.05, 4.69) is 4.98 Å². The molecule has 1 aliphatic heterocycles. The first-order valence-electron chi connectivity index (χ1n) is 7.49. The summed E-state index contributed by atoms with van der Waals surface area (Å²) in [5, 5.41) is 9.93. The second-order valence-corrected chi connectivity index (χ2v) is 6.44. The molecule has 1 spiro atoms. The minimum absolute atomic E-state index is 0.468. The quantitative estimate of drug-likeness (QED) is 0.817. The van der Waals surface area contributed by atoms with Gasteiger partial charge in [0.1, 0.15) is 17.5 Å². The van der Waals surface area contributed by atoms with E-state index in [0.717, 1.165) is 18.2 Å². The number of aromatic nitrogens is 1. The smallest absolute Gasteiger partial charge is 0.292 e. The van der Waals surface area contributed by atoms with Crippen LogP contribution < -0.4 is 0 Å². The molecule has 2 aliphatic rings. The predicted molar refractivity (Wildman–Crippen MR) is 72.7 cm³/mol. The van der Waals surface area contributed by atoms with Gasteiger partial charge in [-0.3, -0.25) is 4.79 Å². The van der Waals surface area contributed by atoms with Crippen molar-refractivity contribution in [3.05, 3.63) is 29.6 Å². The van der Waals surface area contributed by atoms with Crippen LogP contribution in [-0.4, -0.2) is 50.9 Å². The first kappa shape index (κ1) is 18.0. The van der Waals surface area contributed by atoms with Gasteiger partial charge >= 0.3 is 0 Å². The van der Waals surface area contributed by atoms with E-state index in [1.165, 1.54) is 0 Å². The molecule has 4 nitrogen and oxygen atoms in total. The summed E-state index contributed by atoms with van der Waals surface area (Å²) < 4.78 is 80.8. The fourth-order valence-corrected chi connectivity index (χ4v) is 3.59. The fraction of sp³-hybridized carbons (Fsp3) is 0.600. The first-order chi connectivity index (χ1) is 11.5. The van der Waals surface area contributed by atoms with Gasteiger partial charge in [0.15, 0.2) is 0 Å². The van der Waals surface area contributed by atoms with E-state index in [1.807, 2.05) is 0 Å². The minimum Gasteiger partial charge on any atom is -0.384 e. The summed E-state index contributed by atoms with van der Waals surface area (Å²) in [7, 11) is 0. The molecule has 0 aromatic carbocycles. The number of carbonyl (C=O) groups excluding carboxylic acids is 1. The molecule has 1 saturated carbocycles. The van der Waals surface area contributed by atoms with Crippen LogP contribution in [0.5, 0.6) is 0 Å². The van der Waals surface area contributed by atoms with Crippen molar-refractivity contribution in [3.8, 4) is 0 Å². The second kappa shape index (κ2) is 5.58. The number of alkyl halides is 6. The lowest BCUT2D eigenvalue weighted by Gasteiger charge is -2.36. The lowest BCUT2D eigenvalue weighted by atomic mass is 9.89. The Balaban J connectivity index is 1.99. The topological polar surface area (TPSA) is 53.4 Å². The molecule has 0 bridgehead atoms. The van der Waals surface area contributed by atoms with Crippen molar-refractivity contribution < 1.29 is 36.2 Å². The number of carbonyl (C=O) groups is 1. The Bertz CT molecular complexity index is 698. The van der Waals surface area contributed by atoms with Crippen LogP contribution in [0.1, 0.15) is 41.9 Å². The van der Waals surface area contributed by atoms with Crippen molar-refractivity contribution >= 4 is 5.91 Å². The van der Waals surface area contributed by atoms with Crippen LogP contribution in [0.2, 0.25) is 0 Å². The van der Waals surface area contributed by atoms with Crippen LogP contribution in [0.3, 0.4) is 0 Å². The Morgan fingerprint density at radius 3 is 2.48 bits per heavy atom. The van der Waals surface area contributed by atoms with E-state index in [9.17, 15) is 36.2 Å². The molecular formula is C15H14F6N2O2. The summed E-state index contributed by atoms with van der Waals surface area (Å²) in [5.41, 5.74) is -3.44. The zero-order valence-electron chi connectivity index (χ0n) is 12.7. The SMILES string of the molecule is O=C(c1cccc(C(F)F)n1)N1CC(F)(F)[C@H](O)[C@@]12CCC(F)(F)C2. The van der Waals surface area contributed by atoms with Crippen LogP contribution in [0, 0.1) is 0 Å². The maximum atomic E-state index is 14.0. The van der Waals surface area contributed by atoms with Crippen molar-refractivity contribution in [1.29, 1.82) is 0 Å². The van der Waals surface area contributed by atoms with E-state index in [0.29, 0.717) is 4.90 Å². The van der Waals surface area contributed by atoms with E-state index < -0.39 is 73.0 Å². The average molecular weight is 368 g/mol. The molecule has 2 atom stereocenters. The third-order valence-electron chi connectivity index (χ3n) is 4.76. The van der Waals surface area contributed by atoms with E-state index >= 15 is 0 Å². The van der Waals surface area contributed by atoms with Crippen LogP contribution in [0.25, 0.3) is 0 Å². The zero-order chi connectivity index (χ0) is 18.6. The molecule has 1 aromatic heterocycles. The van der Waals surface area contributed by atoms with Gasteiger partial charge in [0.25, 0.3) is 24.2 Å². The molecule has 1 amide bonds. The van der Waals surface area contributed by atoms with E-state index in [4.69, 9.17) is 0 Å². The summed E-state index contributed by atoms with van der Waals surface area (Å²) in [4.78, 5) is 16.5. The Kier molecular flexibility index (Phi) is 4.01. The number of aliphatic hydroxyl groups excluding tert-OH is 1. The van der Waals surface area contributed by atoms with Crippen molar-refractivity contribution in [1.82, 2.24) is 9.88 Å². The van der Waals surface area contributed by atoms with Crippen LogP contribution in [0.15, 0.2) is 18.2 Å². The van der Waals surface area contributed by atoms with Crippen molar-refractivity contribution in [2.45, 2.75) is 49.2 Å². The van der Waals surface area contributed by atoms with Crippen molar-refractivity contribution in [2.24, 2.45) is 0 Å². The molecule has 10 heteroatoms. The molecular weight excluding hydrogens is 354 g/mol. The largest absolute Gasteiger partial charge is 0.384 e. The Labute approximate surface area is 138 Å². The summed E-state index contributed by atoms with van der Waals surface area (Å²) in [6.45, 7) is -1.27. The number of rotatable bonds is 2. The molecule has 1 saturated heterocycles. The number of halogens is 6. The predicted octanol–water partition coefficient (Wildman–Crippen LogP) is 3.03. The highest BCUT2D eigenvalue weighted by atomic mass is 19.3. The van der Waals surface area contributed by atoms with E-state index in [-0.39, 0.29) is 0 Å². The third-order valence-corrected chi connectivity index (χ3v) is 4.76. The van der Waals surface area contributed by atoms with Crippen LogP contribution in [-0.2, 0) is 0 Å². The number of pyridine rings is 1. The fourth-order valence-electron chi connectivity index (χ4n) is 3.59. The van der Waals surface area contributed by atoms with Gasteiger partial charge in [0, 0.05) is 12.8 Å². The lowest BCUT2D eigenvalue weighted by Crippen LogP contribution is -2.53.